The molecule has 0 N–H and O–H groups in total. The maximum absolute atomic E-state index is 12.8. The SMILES string of the molecule is O=C(Cc1cccc(Cl)c1)N1CCN(S(=O)(=O)c2cc(Cl)cc(Cl)c2)CC1. The Labute approximate surface area is 173 Å². The van der Waals surface area contributed by atoms with Crippen LogP contribution >= 0.6 is 34.8 Å². The van der Waals surface area contributed by atoms with Gasteiger partial charge in [0.2, 0.25) is 15.9 Å². The molecule has 2 aromatic rings. The number of halogens is 3. The van der Waals surface area contributed by atoms with Crippen molar-refractivity contribution in [3.8, 4) is 0 Å². The third-order valence-corrected chi connectivity index (χ3v) is 6.86. The van der Waals surface area contributed by atoms with E-state index in [0.717, 1.165) is 5.56 Å². The molecule has 0 spiro atoms. The van der Waals surface area contributed by atoms with Crippen LogP contribution in [0.25, 0.3) is 0 Å². The van der Waals surface area contributed by atoms with Crippen LogP contribution in [0, 0.1) is 0 Å². The van der Waals surface area contributed by atoms with Gasteiger partial charge in [0.15, 0.2) is 0 Å². The van der Waals surface area contributed by atoms with Crippen LogP contribution in [0.5, 0.6) is 0 Å². The second-order valence-electron chi connectivity index (χ2n) is 6.20. The summed E-state index contributed by atoms with van der Waals surface area (Å²) >= 11 is 17.8. The summed E-state index contributed by atoms with van der Waals surface area (Å²) in [5.74, 6) is -0.0554. The van der Waals surface area contributed by atoms with E-state index in [1.54, 1.807) is 23.1 Å². The van der Waals surface area contributed by atoms with Crippen molar-refractivity contribution >= 4 is 50.7 Å². The predicted octanol–water partition coefficient (Wildman–Crippen LogP) is 3.72. The number of hydrogen-bond acceptors (Lipinski definition) is 3. The number of carbonyl (C=O) groups excluding carboxylic acids is 1. The second kappa shape index (κ2) is 8.37. The van der Waals surface area contributed by atoms with Crippen molar-refractivity contribution in [1.29, 1.82) is 0 Å². The lowest BCUT2D eigenvalue weighted by Crippen LogP contribution is -2.50. The number of carbonyl (C=O) groups is 1. The van der Waals surface area contributed by atoms with Gasteiger partial charge in [0.1, 0.15) is 0 Å². The van der Waals surface area contributed by atoms with Gasteiger partial charge in [-0.2, -0.15) is 4.31 Å². The van der Waals surface area contributed by atoms with E-state index in [9.17, 15) is 13.2 Å². The summed E-state index contributed by atoms with van der Waals surface area (Å²) in [6.45, 7) is 1.08. The minimum Gasteiger partial charge on any atom is -0.340 e. The van der Waals surface area contributed by atoms with E-state index < -0.39 is 10.0 Å². The topological polar surface area (TPSA) is 57.7 Å². The fraction of sp³-hybridized carbons (Fsp3) is 0.278. The van der Waals surface area contributed by atoms with Gasteiger partial charge in [-0.3, -0.25) is 4.79 Å². The molecular weight excluding hydrogens is 431 g/mol. The van der Waals surface area contributed by atoms with Gasteiger partial charge in [-0.15, -0.1) is 0 Å². The van der Waals surface area contributed by atoms with Crippen LogP contribution in [0.3, 0.4) is 0 Å². The number of benzene rings is 2. The molecule has 9 heteroatoms. The van der Waals surface area contributed by atoms with Gasteiger partial charge in [-0.05, 0) is 35.9 Å². The first-order valence-corrected chi connectivity index (χ1v) is 10.8. The summed E-state index contributed by atoms with van der Waals surface area (Å²) in [4.78, 5) is 14.2. The Morgan fingerprint density at radius 1 is 0.889 bits per heavy atom. The van der Waals surface area contributed by atoms with E-state index in [4.69, 9.17) is 34.8 Å². The average Bonchev–Trinajstić information content (AvgIpc) is 2.61. The fourth-order valence-corrected chi connectivity index (χ4v) is 5.30. The molecule has 2 aromatic carbocycles. The standard InChI is InChI=1S/C18H17Cl3N2O3S/c19-14-3-1-2-13(8-14)9-18(24)22-4-6-23(7-5-22)27(25,26)17-11-15(20)10-16(21)12-17/h1-3,8,10-12H,4-7,9H2. The van der Waals surface area contributed by atoms with Gasteiger partial charge >= 0.3 is 0 Å². The molecular formula is C18H17Cl3N2O3S. The van der Waals surface area contributed by atoms with Gasteiger partial charge in [-0.25, -0.2) is 8.42 Å². The molecule has 0 aromatic heterocycles. The summed E-state index contributed by atoms with van der Waals surface area (Å²) in [5.41, 5.74) is 0.830. The quantitative estimate of drug-likeness (QED) is 0.718. The minimum atomic E-state index is -3.71. The molecule has 5 nitrogen and oxygen atoms in total. The van der Waals surface area contributed by atoms with Crippen LogP contribution in [0.4, 0.5) is 0 Å². The van der Waals surface area contributed by atoms with E-state index in [1.165, 1.54) is 22.5 Å². The molecule has 1 heterocycles. The fourth-order valence-electron chi connectivity index (χ4n) is 2.94. The lowest BCUT2D eigenvalue weighted by Gasteiger charge is -2.34. The molecule has 0 atom stereocenters. The van der Waals surface area contributed by atoms with Crippen molar-refractivity contribution < 1.29 is 13.2 Å². The first kappa shape index (κ1) is 20.4. The number of hydrogen-bond donors (Lipinski definition) is 0. The molecule has 1 aliphatic rings. The highest BCUT2D eigenvalue weighted by Crippen LogP contribution is 2.25. The van der Waals surface area contributed by atoms with Crippen molar-refractivity contribution in [3.63, 3.8) is 0 Å². The summed E-state index contributed by atoms with van der Waals surface area (Å²) < 4.78 is 26.9. The molecule has 1 saturated heterocycles. The molecule has 0 unspecified atom stereocenters. The third kappa shape index (κ3) is 4.95. The Bertz CT molecular complexity index is 938. The number of nitrogens with zero attached hydrogens (tertiary/aromatic N) is 2. The highest BCUT2D eigenvalue weighted by molar-refractivity contribution is 7.89. The Morgan fingerprint density at radius 2 is 1.52 bits per heavy atom. The van der Waals surface area contributed by atoms with Gasteiger partial charge < -0.3 is 4.90 Å². The highest BCUT2D eigenvalue weighted by atomic mass is 35.5. The predicted molar refractivity (Wildman–Crippen MR) is 107 cm³/mol. The molecule has 0 saturated carbocycles. The van der Waals surface area contributed by atoms with Crippen molar-refractivity contribution in [3.05, 3.63) is 63.1 Å². The van der Waals surface area contributed by atoms with Gasteiger partial charge in [0.25, 0.3) is 0 Å². The molecule has 27 heavy (non-hydrogen) atoms. The normalized spacial score (nSPS) is 15.7. The number of sulfonamides is 1. The van der Waals surface area contributed by atoms with Gasteiger partial charge in [-0.1, -0.05) is 46.9 Å². The molecule has 0 aliphatic carbocycles. The van der Waals surface area contributed by atoms with Crippen LogP contribution in [-0.4, -0.2) is 49.7 Å². The van der Waals surface area contributed by atoms with Gasteiger partial charge in [0, 0.05) is 41.2 Å². The van der Waals surface area contributed by atoms with Crippen LogP contribution in [-0.2, 0) is 21.2 Å². The van der Waals surface area contributed by atoms with Crippen LogP contribution < -0.4 is 0 Å². The summed E-state index contributed by atoms with van der Waals surface area (Å²) in [6, 6.07) is 11.4. The molecule has 3 rings (SSSR count). The van der Waals surface area contributed by atoms with E-state index in [-0.39, 0.29) is 40.4 Å². The monoisotopic (exact) mass is 446 g/mol. The molecule has 1 amide bonds. The third-order valence-electron chi connectivity index (χ3n) is 4.31. The number of rotatable bonds is 4. The lowest BCUT2D eigenvalue weighted by molar-refractivity contribution is -0.131. The summed E-state index contributed by atoms with van der Waals surface area (Å²) in [5, 5.41) is 1.10. The van der Waals surface area contributed by atoms with E-state index >= 15 is 0 Å². The molecule has 1 fully saturated rings. The Kier molecular flexibility index (Phi) is 6.33. The minimum absolute atomic E-state index is 0.0544. The number of piperazine rings is 1. The molecule has 144 valence electrons. The maximum atomic E-state index is 12.8. The van der Waals surface area contributed by atoms with Crippen molar-refractivity contribution in [1.82, 2.24) is 9.21 Å². The number of amides is 1. The molecule has 1 aliphatic heterocycles. The van der Waals surface area contributed by atoms with Crippen molar-refractivity contribution in [2.75, 3.05) is 26.2 Å². The van der Waals surface area contributed by atoms with Crippen molar-refractivity contribution in [2.24, 2.45) is 0 Å². The second-order valence-corrected chi connectivity index (χ2v) is 9.44. The zero-order valence-electron chi connectivity index (χ0n) is 14.2. The van der Waals surface area contributed by atoms with Gasteiger partial charge in [0.05, 0.1) is 11.3 Å². The van der Waals surface area contributed by atoms with E-state index in [1.807, 2.05) is 6.07 Å². The summed E-state index contributed by atoms with van der Waals surface area (Å²) in [7, 11) is -3.71. The Morgan fingerprint density at radius 3 is 2.11 bits per heavy atom. The zero-order chi connectivity index (χ0) is 19.6. The van der Waals surface area contributed by atoms with Crippen LogP contribution in [0.2, 0.25) is 15.1 Å². The van der Waals surface area contributed by atoms with Crippen LogP contribution in [0.15, 0.2) is 47.4 Å². The average molecular weight is 448 g/mol. The maximum Gasteiger partial charge on any atom is 0.243 e. The van der Waals surface area contributed by atoms with Crippen molar-refractivity contribution in [2.45, 2.75) is 11.3 Å². The summed E-state index contributed by atoms with van der Waals surface area (Å²) in [6.07, 6.45) is 0.233. The lowest BCUT2D eigenvalue weighted by atomic mass is 10.1. The van der Waals surface area contributed by atoms with E-state index in [0.29, 0.717) is 18.1 Å². The molecule has 0 radical (unpaired) electrons. The Balaban J connectivity index is 1.65. The highest BCUT2D eigenvalue weighted by Gasteiger charge is 2.30. The molecule has 0 bridgehead atoms. The van der Waals surface area contributed by atoms with Crippen LogP contribution in [0.1, 0.15) is 5.56 Å². The largest absolute Gasteiger partial charge is 0.340 e. The first-order valence-electron chi connectivity index (χ1n) is 8.24. The van der Waals surface area contributed by atoms with E-state index in [2.05, 4.69) is 0 Å². The Hall–Kier alpha value is -1.31. The zero-order valence-corrected chi connectivity index (χ0v) is 17.3. The smallest absolute Gasteiger partial charge is 0.243 e. The first-order chi connectivity index (χ1) is 12.8.